The van der Waals surface area contributed by atoms with Crippen molar-refractivity contribution in [3.63, 3.8) is 0 Å². The Balaban J connectivity index is 1.47. The minimum atomic E-state index is -0.446. The van der Waals surface area contributed by atoms with Gasteiger partial charge in [-0.15, -0.1) is 0 Å². The van der Waals surface area contributed by atoms with Crippen LogP contribution in [0.15, 0.2) is 54.6 Å². The summed E-state index contributed by atoms with van der Waals surface area (Å²) in [6.07, 6.45) is 1.16. The Labute approximate surface area is 188 Å². The molecule has 2 fully saturated rings. The number of carbonyl (C=O) groups excluding carboxylic acids is 3. The molecule has 2 aromatic rings. The van der Waals surface area contributed by atoms with Crippen LogP contribution in [0.4, 0.5) is 4.79 Å². The molecule has 0 aromatic heterocycles. The normalized spacial score (nSPS) is 28.4. The van der Waals surface area contributed by atoms with Crippen LogP contribution in [0.5, 0.6) is 0 Å². The molecule has 0 N–H and O–H groups in total. The van der Waals surface area contributed by atoms with Gasteiger partial charge < -0.3 is 14.5 Å². The summed E-state index contributed by atoms with van der Waals surface area (Å²) in [7, 11) is 0. The van der Waals surface area contributed by atoms with Gasteiger partial charge in [-0.1, -0.05) is 61.9 Å². The predicted molar refractivity (Wildman–Crippen MR) is 119 cm³/mol. The van der Waals surface area contributed by atoms with Gasteiger partial charge in [0.2, 0.25) is 0 Å². The van der Waals surface area contributed by atoms with Gasteiger partial charge in [0.05, 0.1) is 17.9 Å². The Morgan fingerprint density at radius 1 is 1.06 bits per heavy atom. The molecule has 2 amide bonds. The third kappa shape index (κ3) is 3.12. The Morgan fingerprint density at radius 2 is 1.78 bits per heavy atom. The molecular formula is C26H28N2O4. The van der Waals surface area contributed by atoms with E-state index in [0.717, 1.165) is 17.5 Å². The number of piperidine rings is 2. The number of carbonyl (C=O) groups is 3. The van der Waals surface area contributed by atoms with Crippen molar-refractivity contribution < 1.29 is 19.1 Å². The van der Waals surface area contributed by atoms with E-state index in [2.05, 4.69) is 6.92 Å². The Bertz CT molecular complexity index is 1050. The first kappa shape index (κ1) is 20.7. The van der Waals surface area contributed by atoms with Crippen molar-refractivity contribution >= 4 is 17.8 Å². The maximum absolute atomic E-state index is 13.6. The van der Waals surface area contributed by atoms with Gasteiger partial charge in [-0.05, 0) is 30.5 Å². The van der Waals surface area contributed by atoms with Crippen LogP contribution in [0.2, 0.25) is 0 Å². The van der Waals surface area contributed by atoms with E-state index >= 15 is 0 Å². The summed E-state index contributed by atoms with van der Waals surface area (Å²) < 4.78 is 5.71. The molecule has 5 rings (SSSR count). The number of likely N-dealkylation sites (tertiary alicyclic amines) is 1. The average molecular weight is 433 g/mol. The van der Waals surface area contributed by atoms with Crippen molar-refractivity contribution in [2.24, 2.45) is 11.8 Å². The zero-order valence-electron chi connectivity index (χ0n) is 18.4. The van der Waals surface area contributed by atoms with E-state index in [-0.39, 0.29) is 48.4 Å². The van der Waals surface area contributed by atoms with Crippen molar-refractivity contribution in [3.8, 4) is 0 Å². The summed E-state index contributed by atoms with van der Waals surface area (Å²) in [4.78, 5) is 43.7. The van der Waals surface area contributed by atoms with Gasteiger partial charge in [-0.25, -0.2) is 4.79 Å². The monoisotopic (exact) mass is 432 g/mol. The molecule has 0 unspecified atom stereocenters. The summed E-state index contributed by atoms with van der Waals surface area (Å²) in [6, 6.07) is 16.2. The van der Waals surface area contributed by atoms with Crippen molar-refractivity contribution in [2.45, 2.75) is 51.4 Å². The van der Waals surface area contributed by atoms with Crippen LogP contribution in [-0.2, 0) is 16.1 Å². The fourth-order valence-electron chi connectivity index (χ4n) is 5.90. The van der Waals surface area contributed by atoms with E-state index in [1.54, 1.807) is 4.90 Å². The van der Waals surface area contributed by atoms with E-state index in [9.17, 15) is 14.4 Å². The standard InChI is InChI=1S/C26H28N2O4/c1-3-9-21-20-14-27-23(18-12-7-8-13-19(18)25(27)30)22(24(20)29)16(2)28(21)26(31)32-15-17-10-5-4-6-11-17/h4-8,10-13,16,20-23H,3,9,14-15H2,1-2H3/t16-,20-,21+,22-,23-/m1/s1. The minimum Gasteiger partial charge on any atom is -0.445 e. The van der Waals surface area contributed by atoms with Crippen molar-refractivity contribution in [1.29, 1.82) is 0 Å². The fourth-order valence-corrected chi connectivity index (χ4v) is 5.90. The zero-order chi connectivity index (χ0) is 22.4. The van der Waals surface area contributed by atoms with Crippen molar-refractivity contribution in [1.82, 2.24) is 9.80 Å². The Morgan fingerprint density at radius 3 is 2.53 bits per heavy atom. The van der Waals surface area contributed by atoms with E-state index in [4.69, 9.17) is 4.74 Å². The van der Waals surface area contributed by atoms with Crippen LogP contribution < -0.4 is 0 Å². The number of Topliss-reactive ketones (excluding diaryl/α,β-unsaturated/α-hetero) is 1. The van der Waals surface area contributed by atoms with Gasteiger partial charge in [0.25, 0.3) is 5.91 Å². The molecule has 2 saturated heterocycles. The smallest absolute Gasteiger partial charge is 0.410 e. The lowest BCUT2D eigenvalue weighted by molar-refractivity contribution is -0.148. The van der Waals surface area contributed by atoms with Gasteiger partial charge >= 0.3 is 6.09 Å². The first-order valence-electron chi connectivity index (χ1n) is 11.5. The third-order valence-corrected chi connectivity index (χ3v) is 7.31. The number of fused-ring (bicyclic) bond motifs is 6. The molecule has 2 aromatic carbocycles. The summed E-state index contributed by atoms with van der Waals surface area (Å²) in [5.41, 5.74) is 2.50. The topological polar surface area (TPSA) is 66.9 Å². The molecule has 0 spiro atoms. The van der Waals surface area contributed by atoms with E-state index in [1.807, 2.05) is 66.4 Å². The second-order valence-electron chi connectivity index (χ2n) is 9.07. The quantitative estimate of drug-likeness (QED) is 0.726. The average Bonchev–Trinajstić information content (AvgIpc) is 3.08. The fraction of sp³-hybridized carbons (Fsp3) is 0.423. The summed E-state index contributed by atoms with van der Waals surface area (Å²) in [6.45, 7) is 4.53. The molecule has 0 radical (unpaired) electrons. The molecule has 3 aliphatic heterocycles. The van der Waals surface area contributed by atoms with Gasteiger partial charge in [-0.3, -0.25) is 9.59 Å². The highest BCUT2D eigenvalue weighted by Crippen LogP contribution is 2.50. The summed E-state index contributed by atoms with van der Waals surface area (Å²) >= 11 is 0. The molecule has 32 heavy (non-hydrogen) atoms. The lowest BCUT2D eigenvalue weighted by Gasteiger charge is -2.54. The number of nitrogens with zero attached hydrogens (tertiary/aromatic N) is 2. The Kier molecular flexibility index (Phi) is 5.24. The van der Waals surface area contributed by atoms with Crippen LogP contribution in [-0.4, -0.2) is 46.2 Å². The van der Waals surface area contributed by atoms with Crippen LogP contribution in [0.3, 0.4) is 0 Å². The highest BCUT2D eigenvalue weighted by Gasteiger charge is 2.59. The second-order valence-corrected chi connectivity index (χ2v) is 9.07. The molecule has 0 aliphatic carbocycles. The highest BCUT2D eigenvalue weighted by atomic mass is 16.6. The van der Waals surface area contributed by atoms with Crippen LogP contribution in [0, 0.1) is 11.8 Å². The number of amides is 2. The third-order valence-electron chi connectivity index (χ3n) is 7.31. The van der Waals surface area contributed by atoms with E-state index < -0.39 is 5.92 Å². The van der Waals surface area contributed by atoms with E-state index in [1.165, 1.54) is 0 Å². The number of hydrogen-bond acceptors (Lipinski definition) is 4. The largest absolute Gasteiger partial charge is 0.445 e. The van der Waals surface area contributed by atoms with Crippen molar-refractivity contribution in [3.05, 3.63) is 71.3 Å². The van der Waals surface area contributed by atoms with Gasteiger partial charge in [0.15, 0.2) is 0 Å². The molecule has 3 aliphatic rings. The molecule has 5 atom stereocenters. The maximum atomic E-state index is 13.6. The predicted octanol–water partition coefficient (Wildman–Crippen LogP) is 4.21. The van der Waals surface area contributed by atoms with Gasteiger partial charge in [0, 0.05) is 24.2 Å². The first-order chi connectivity index (χ1) is 15.5. The van der Waals surface area contributed by atoms with Crippen LogP contribution in [0.1, 0.15) is 54.2 Å². The molecule has 3 heterocycles. The van der Waals surface area contributed by atoms with Crippen LogP contribution in [0.25, 0.3) is 0 Å². The molecule has 166 valence electrons. The molecule has 6 heteroatoms. The number of ether oxygens (including phenoxy) is 1. The lowest BCUT2D eigenvalue weighted by Crippen LogP contribution is -2.67. The summed E-state index contributed by atoms with van der Waals surface area (Å²) in [5, 5.41) is 0. The number of ketones is 1. The molecule has 6 nitrogen and oxygen atoms in total. The van der Waals surface area contributed by atoms with Crippen molar-refractivity contribution in [2.75, 3.05) is 6.54 Å². The molecule has 0 saturated carbocycles. The summed E-state index contributed by atoms with van der Waals surface area (Å²) in [5.74, 6) is -0.655. The SMILES string of the molecule is CCC[C@H]1[C@H]2CN3C(=O)c4ccccc4[C@@H]3[C@H](C2=O)[C@@H](C)N1C(=O)OCc1ccccc1. The number of hydrogen-bond donors (Lipinski definition) is 0. The number of rotatable bonds is 4. The highest BCUT2D eigenvalue weighted by molar-refractivity contribution is 6.02. The zero-order valence-corrected chi connectivity index (χ0v) is 18.4. The molecular weight excluding hydrogens is 404 g/mol. The lowest BCUT2D eigenvalue weighted by atomic mass is 9.69. The van der Waals surface area contributed by atoms with Gasteiger partial charge in [-0.2, -0.15) is 0 Å². The second kappa shape index (κ2) is 8.08. The van der Waals surface area contributed by atoms with Gasteiger partial charge in [0.1, 0.15) is 12.4 Å². The van der Waals surface area contributed by atoms with E-state index in [0.29, 0.717) is 18.5 Å². The Hall–Kier alpha value is -3.15. The maximum Gasteiger partial charge on any atom is 0.410 e. The van der Waals surface area contributed by atoms with Crippen LogP contribution >= 0.6 is 0 Å². The minimum absolute atomic E-state index is 0.00403. The first-order valence-corrected chi connectivity index (χ1v) is 11.5. The molecule has 2 bridgehead atoms. The number of benzene rings is 2.